The predicted molar refractivity (Wildman–Crippen MR) is 76.9 cm³/mol. The maximum atomic E-state index is 12.6. The van der Waals surface area contributed by atoms with E-state index in [9.17, 15) is 21.6 Å². The van der Waals surface area contributed by atoms with E-state index in [-0.39, 0.29) is 9.37 Å². The minimum Gasteiger partial charge on any atom is -0.207 e. The third-order valence-corrected chi connectivity index (χ3v) is 5.88. The van der Waals surface area contributed by atoms with Gasteiger partial charge in [-0.15, -0.1) is 0 Å². The summed E-state index contributed by atoms with van der Waals surface area (Å²) in [5.74, 6) is 0. The van der Waals surface area contributed by atoms with Crippen LogP contribution in [0.1, 0.15) is 13.8 Å². The Morgan fingerprint density at radius 3 is 2.20 bits per heavy atom. The fourth-order valence-electron chi connectivity index (χ4n) is 1.53. The van der Waals surface area contributed by atoms with Crippen LogP contribution < -0.4 is 0 Å². The fourth-order valence-corrected chi connectivity index (χ4v) is 4.86. The highest BCUT2D eigenvalue weighted by Crippen LogP contribution is 2.30. The predicted octanol–water partition coefficient (Wildman–Crippen LogP) is 4.17. The molecule has 20 heavy (non-hydrogen) atoms. The molecule has 0 radical (unpaired) electrons. The van der Waals surface area contributed by atoms with E-state index in [0.717, 1.165) is 0 Å². The molecule has 0 atom stereocenters. The van der Waals surface area contributed by atoms with Crippen molar-refractivity contribution in [3.8, 4) is 0 Å². The van der Waals surface area contributed by atoms with Crippen molar-refractivity contribution in [2.75, 3.05) is 6.54 Å². The van der Waals surface area contributed by atoms with Gasteiger partial charge in [-0.1, -0.05) is 15.9 Å². The van der Waals surface area contributed by atoms with Crippen molar-refractivity contribution in [2.24, 2.45) is 0 Å². The van der Waals surface area contributed by atoms with Gasteiger partial charge in [-0.3, -0.25) is 0 Å². The molecule has 0 bridgehead atoms. The Balaban J connectivity index is 3.30. The van der Waals surface area contributed by atoms with Crippen molar-refractivity contribution in [1.82, 2.24) is 4.31 Å². The molecule has 9 heteroatoms. The molecular formula is C11H12Br2F3NO2S. The van der Waals surface area contributed by atoms with Crippen LogP contribution in [-0.2, 0) is 10.0 Å². The minimum absolute atomic E-state index is 0.196. The Morgan fingerprint density at radius 1 is 1.25 bits per heavy atom. The van der Waals surface area contributed by atoms with Crippen molar-refractivity contribution in [3.05, 3.63) is 27.1 Å². The molecule has 0 saturated heterocycles. The normalized spacial score (nSPS) is 13.2. The number of benzene rings is 1. The lowest BCUT2D eigenvalue weighted by molar-refractivity contribution is -0.138. The Kier molecular flexibility index (Phi) is 5.67. The number of hydrogen-bond donors (Lipinski definition) is 0. The van der Waals surface area contributed by atoms with Crippen molar-refractivity contribution >= 4 is 41.9 Å². The molecule has 1 aromatic rings. The second kappa shape index (κ2) is 6.33. The van der Waals surface area contributed by atoms with Gasteiger partial charge >= 0.3 is 6.18 Å². The van der Waals surface area contributed by atoms with Crippen molar-refractivity contribution in [1.29, 1.82) is 0 Å². The summed E-state index contributed by atoms with van der Waals surface area (Å²) in [7, 11) is -4.24. The number of nitrogens with zero attached hydrogens (tertiary/aromatic N) is 1. The lowest BCUT2D eigenvalue weighted by Gasteiger charge is -2.27. The molecule has 0 aliphatic rings. The zero-order valence-electron chi connectivity index (χ0n) is 10.6. The minimum atomic E-state index is -4.60. The SMILES string of the molecule is CC(C)N(CC(F)(F)F)S(=O)(=O)c1ccc(Br)cc1Br. The van der Waals surface area contributed by atoms with Crippen LogP contribution in [0.4, 0.5) is 13.2 Å². The van der Waals surface area contributed by atoms with Crippen molar-refractivity contribution in [3.63, 3.8) is 0 Å². The Hall–Kier alpha value is -0.120. The lowest BCUT2D eigenvalue weighted by Crippen LogP contribution is -2.43. The van der Waals surface area contributed by atoms with E-state index in [1.54, 1.807) is 0 Å². The summed E-state index contributed by atoms with van der Waals surface area (Å²) in [6, 6.07) is 3.38. The molecule has 0 saturated carbocycles. The van der Waals surface area contributed by atoms with Crippen LogP contribution >= 0.6 is 31.9 Å². The number of sulfonamides is 1. The fraction of sp³-hybridized carbons (Fsp3) is 0.455. The van der Waals surface area contributed by atoms with Crippen LogP contribution in [0.5, 0.6) is 0 Å². The molecule has 3 nitrogen and oxygen atoms in total. The van der Waals surface area contributed by atoms with Gasteiger partial charge < -0.3 is 0 Å². The molecule has 0 heterocycles. The largest absolute Gasteiger partial charge is 0.402 e. The molecule has 0 aromatic heterocycles. The van der Waals surface area contributed by atoms with E-state index in [0.29, 0.717) is 8.78 Å². The van der Waals surface area contributed by atoms with Gasteiger partial charge in [0.2, 0.25) is 10.0 Å². The molecule has 1 rings (SSSR count). The highest BCUT2D eigenvalue weighted by molar-refractivity contribution is 9.11. The zero-order chi connectivity index (χ0) is 15.7. The van der Waals surface area contributed by atoms with Crippen LogP contribution in [0, 0.1) is 0 Å². The van der Waals surface area contributed by atoms with Gasteiger partial charge in [-0.25, -0.2) is 8.42 Å². The topological polar surface area (TPSA) is 37.4 Å². The van der Waals surface area contributed by atoms with Gasteiger partial charge in [0.05, 0.1) is 4.90 Å². The van der Waals surface area contributed by atoms with E-state index in [2.05, 4.69) is 31.9 Å². The molecule has 0 aliphatic carbocycles. The molecule has 1 aromatic carbocycles. The first-order valence-corrected chi connectivity index (χ1v) is 8.51. The third kappa shape index (κ3) is 4.44. The number of rotatable bonds is 4. The molecular weight excluding hydrogens is 427 g/mol. The average Bonchev–Trinajstić information content (AvgIpc) is 2.23. The highest BCUT2D eigenvalue weighted by atomic mass is 79.9. The van der Waals surface area contributed by atoms with Gasteiger partial charge in [0, 0.05) is 15.0 Å². The summed E-state index contributed by atoms with van der Waals surface area (Å²) >= 11 is 6.22. The summed E-state index contributed by atoms with van der Waals surface area (Å²) < 4.78 is 63.6. The summed E-state index contributed by atoms with van der Waals surface area (Å²) in [6.07, 6.45) is -4.60. The Bertz CT molecular complexity index is 588. The smallest absolute Gasteiger partial charge is 0.207 e. The molecule has 0 fully saturated rings. The van der Waals surface area contributed by atoms with Crippen LogP contribution in [0.2, 0.25) is 0 Å². The monoisotopic (exact) mass is 437 g/mol. The quantitative estimate of drug-likeness (QED) is 0.707. The number of alkyl halides is 3. The van der Waals surface area contributed by atoms with Gasteiger partial charge in [-0.2, -0.15) is 17.5 Å². The lowest BCUT2D eigenvalue weighted by atomic mass is 10.4. The number of halogens is 5. The summed E-state index contributed by atoms with van der Waals surface area (Å²) in [5.41, 5.74) is 0. The van der Waals surface area contributed by atoms with Crippen LogP contribution in [0.15, 0.2) is 32.0 Å². The first-order valence-electron chi connectivity index (χ1n) is 5.49. The standard InChI is InChI=1S/C11H12Br2F3NO2S/c1-7(2)17(6-11(14,15)16)20(18,19)10-4-3-8(12)5-9(10)13/h3-5,7H,6H2,1-2H3. The van der Waals surface area contributed by atoms with E-state index in [4.69, 9.17) is 0 Å². The van der Waals surface area contributed by atoms with Crippen LogP contribution in [0.25, 0.3) is 0 Å². The second-order valence-electron chi connectivity index (χ2n) is 4.33. The third-order valence-electron chi connectivity index (χ3n) is 2.39. The Morgan fingerprint density at radius 2 is 1.80 bits per heavy atom. The van der Waals surface area contributed by atoms with Gasteiger partial charge in [0.1, 0.15) is 6.54 Å². The van der Waals surface area contributed by atoms with E-state index in [1.807, 2.05) is 0 Å². The molecule has 0 spiro atoms. The summed E-state index contributed by atoms with van der Waals surface area (Å²) in [6.45, 7) is 1.28. The second-order valence-corrected chi connectivity index (χ2v) is 7.96. The summed E-state index contributed by atoms with van der Waals surface area (Å²) in [4.78, 5) is -0.196. The molecule has 0 unspecified atom stereocenters. The van der Waals surface area contributed by atoms with Crippen LogP contribution in [-0.4, -0.2) is 31.5 Å². The van der Waals surface area contributed by atoms with E-state index >= 15 is 0 Å². The number of hydrogen-bond acceptors (Lipinski definition) is 2. The maximum Gasteiger partial charge on any atom is 0.402 e. The molecule has 114 valence electrons. The zero-order valence-corrected chi connectivity index (χ0v) is 14.6. The van der Waals surface area contributed by atoms with Gasteiger partial charge in [0.25, 0.3) is 0 Å². The first-order chi connectivity index (χ1) is 8.95. The maximum absolute atomic E-state index is 12.6. The summed E-state index contributed by atoms with van der Waals surface area (Å²) in [5, 5.41) is 0. The van der Waals surface area contributed by atoms with Crippen LogP contribution in [0.3, 0.4) is 0 Å². The van der Waals surface area contributed by atoms with Gasteiger partial charge in [0.15, 0.2) is 0 Å². The van der Waals surface area contributed by atoms with E-state index in [1.165, 1.54) is 32.0 Å². The highest BCUT2D eigenvalue weighted by Gasteiger charge is 2.39. The molecule has 0 N–H and O–H groups in total. The molecule has 0 aliphatic heterocycles. The van der Waals surface area contributed by atoms with Crippen molar-refractivity contribution in [2.45, 2.75) is 31.0 Å². The van der Waals surface area contributed by atoms with Crippen molar-refractivity contribution < 1.29 is 21.6 Å². The van der Waals surface area contributed by atoms with E-state index < -0.39 is 28.8 Å². The Labute approximate surface area is 132 Å². The average molecular weight is 439 g/mol. The van der Waals surface area contributed by atoms with Gasteiger partial charge in [-0.05, 0) is 48.0 Å². The first kappa shape index (κ1) is 17.9. The molecule has 0 amide bonds.